The summed E-state index contributed by atoms with van der Waals surface area (Å²) in [7, 11) is -2.01. The van der Waals surface area contributed by atoms with Gasteiger partial charge in [-0.25, -0.2) is 13.1 Å². The van der Waals surface area contributed by atoms with Crippen LogP contribution in [-0.2, 0) is 24.3 Å². The summed E-state index contributed by atoms with van der Waals surface area (Å²) in [5, 5.41) is 0. The molecular formula is C12H25NO5S. The van der Waals surface area contributed by atoms with Gasteiger partial charge in [0.15, 0.2) is 0 Å². The van der Waals surface area contributed by atoms with Crippen LogP contribution in [0.4, 0.5) is 0 Å². The molecule has 0 aliphatic carbocycles. The molecule has 0 amide bonds. The SMILES string of the molecule is CCCCOCCCNS(=O)(=O)CCCC(=O)OC. The number of carbonyl (C=O) groups excluding carboxylic acids is 1. The lowest BCUT2D eigenvalue weighted by Crippen LogP contribution is -2.28. The first-order valence-electron chi connectivity index (χ1n) is 6.63. The van der Waals surface area contributed by atoms with E-state index in [-0.39, 0.29) is 24.6 Å². The zero-order valence-corrected chi connectivity index (χ0v) is 12.6. The number of sulfonamides is 1. The van der Waals surface area contributed by atoms with Gasteiger partial charge in [0.1, 0.15) is 0 Å². The van der Waals surface area contributed by atoms with Gasteiger partial charge in [0.2, 0.25) is 10.0 Å². The van der Waals surface area contributed by atoms with Crippen LogP contribution in [0.15, 0.2) is 0 Å². The second-order valence-electron chi connectivity index (χ2n) is 4.21. The van der Waals surface area contributed by atoms with Crippen LogP contribution in [0, 0.1) is 0 Å². The summed E-state index contributed by atoms with van der Waals surface area (Å²) in [4.78, 5) is 10.8. The first kappa shape index (κ1) is 18.3. The van der Waals surface area contributed by atoms with Gasteiger partial charge in [-0.1, -0.05) is 13.3 Å². The molecule has 0 bridgehead atoms. The zero-order chi connectivity index (χ0) is 14.6. The van der Waals surface area contributed by atoms with Gasteiger partial charge < -0.3 is 9.47 Å². The molecule has 0 atom stereocenters. The zero-order valence-electron chi connectivity index (χ0n) is 11.8. The van der Waals surface area contributed by atoms with Gasteiger partial charge in [-0.3, -0.25) is 4.79 Å². The number of hydrogen-bond donors (Lipinski definition) is 1. The Balaban J connectivity index is 3.54. The van der Waals surface area contributed by atoms with Crippen LogP contribution in [0.3, 0.4) is 0 Å². The quantitative estimate of drug-likeness (QED) is 0.430. The summed E-state index contributed by atoms with van der Waals surface area (Å²) in [6, 6.07) is 0. The second-order valence-corrected chi connectivity index (χ2v) is 6.14. The van der Waals surface area contributed by atoms with E-state index in [0.29, 0.717) is 19.6 Å². The minimum Gasteiger partial charge on any atom is -0.469 e. The highest BCUT2D eigenvalue weighted by molar-refractivity contribution is 7.89. The molecule has 0 saturated carbocycles. The Hall–Kier alpha value is -0.660. The predicted octanol–water partition coefficient (Wildman–Crippen LogP) is 1.07. The van der Waals surface area contributed by atoms with Crippen molar-refractivity contribution in [3.63, 3.8) is 0 Å². The van der Waals surface area contributed by atoms with Gasteiger partial charge in [0.05, 0.1) is 12.9 Å². The van der Waals surface area contributed by atoms with E-state index in [1.54, 1.807) is 0 Å². The van der Waals surface area contributed by atoms with Gasteiger partial charge in [-0.05, 0) is 19.3 Å². The van der Waals surface area contributed by atoms with Crippen molar-refractivity contribution in [2.45, 2.75) is 39.0 Å². The molecule has 0 spiro atoms. The summed E-state index contributed by atoms with van der Waals surface area (Å²) in [6.45, 7) is 3.74. The number of esters is 1. The largest absolute Gasteiger partial charge is 0.469 e. The molecule has 19 heavy (non-hydrogen) atoms. The molecule has 0 aromatic heterocycles. The number of unbranched alkanes of at least 4 members (excludes halogenated alkanes) is 1. The monoisotopic (exact) mass is 295 g/mol. The molecule has 0 heterocycles. The van der Waals surface area contributed by atoms with Crippen molar-refractivity contribution in [3.8, 4) is 0 Å². The molecule has 7 heteroatoms. The van der Waals surface area contributed by atoms with Crippen molar-refractivity contribution in [1.82, 2.24) is 4.72 Å². The van der Waals surface area contributed by atoms with Crippen LogP contribution in [0.2, 0.25) is 0 Å². The van der Waals surface area contributed by atoms with Crippen molar-refractivity contribution >= 4 is 16.0 Å². The number of rotatable bonds is 12. The fourth-order valence-corrected chi connectivity index (χ4v) is 2.46. The second kappa shape index (κ2) is 11.2. The van der Waals surface area contributed by atoms with Crippen molar-refractivity contribution in [3.05, 3.63) is 0 Å². The Labute approximate surface area is 115 Å². The normalized spacial score (nSPS) is 11.5. The van der Waals surface area contributed by atoms with Crippen LogP contribution in [0.1, 0.15) is 39.0 Å². The fourth-order valence-electron chi connectivity index (χ4n) is 1.33. The lowest BCUT2D eigenvalue weighted by molar-refractivity contribution is -0.140. The van der Waals surface area contributed by atoms with E-state index in [9.17, 15) is 13.2 Å². The third-order valence-electron chi connectivity index (χ3n) is 2.45. The minimum absolute atomic E-state index is 0.0568. The third-order valence-corrected chi connectivity index (χ3v) is 3.92. The average Bonchev–Trinajstić information content (AvgIpc) is 2.37. The fraction of sp³-hybridized carbons (Fsp3) is 0.917. The molecule has 0 aromatic rings. The van der Waals surface area contributed by atoms with Gasteiger partial charge in [0, 0.05) is 26.2 Å². The van der Waals surface area contributed by atoms with Crippen LogP contribution in [0.5, 0.6) is 0 Å². The third kappa shape index (κ3) is 12.1. The summed E-state index contributed by atoms with van der Waals surface area (Å²) in [5.74, 6) is -0.446. The Morgan fingerprint density at radius 3 is 2.47 bits per heavy atom. The number of nitrogens with one attached hydrogen (secondary N) is 1. The van der Waals surface area contributed by atoms with Crippen LogP contribution in [0.25, 0.3) is 0 Å². The molecule has 0 rings (SSSR count). The van der Waals surface area contributed by atoms with E-state index in [1.807, 2.05) is 0 Å². The van der Waals surface area contributed by atoms with Gasteiger partial charge in [-0.2, -0.15) is 0 Å². The molecule has 0 fully saturated rings. The molecule has 0 unspecified atom stereocenters. The minimum atomic E-state index is -3.30. The molecular weight excluding hydrogens is 270 g/mol. The number of carbonyl (C=O) groups is 1. The van der Waals surface area contributed by atoms with Gasteiger partial charge in [-0.15, -0.1) is 0 Å². The summed E-state index contributed by atoms with van der Waals surface area (Å²) in [6.07, 6.45) is 3.17. The first-order valence-corrected chi connectivity index (χ1v) is 8.29. The predicted molar refractivity (Wildman–Crippen MR) is 73.4 cm³/mol. The van der Waals surface area contributed by atoms with Crippen molar-refractivity contribution < 1.29 is 22.7 Å². The molecule has 0 radical (unpaired) electrons. The van der Waals surface area contributed by atoms with Crippen LogP contribution in [-0.4, -0.2) is 47.0 Å². The van der Waals surface area contributed by atoms with Gasteiger partial charge >= 0.3 is 5.97 Å². The highest BCUT2D eigenvalue weighted by Gasteiger charge is 2.10. The Morgan fingerprint density at radius 1 is 1.16 bits per heavy atom. The Kier molecular flexibility index (Phi) is 10.8. The highest BCUT2D eigenvalue weighted by atomic mass is 32.2. The van der Waals surface area contributed by atoms with E-state index in [1.165, 1.54) is 7.11 Å². The molecule has 114 valence electrons. The van der Waals surface area contributed by atoms with Crippen molar-refractivity contribution in [2.24, 2.45) is 0 Å². The topological polar surface area (TPSA) is 81.7 Å². The molecule has 0 saturated heterocycles. The number of hydrogen-bond acceptors (Lipinski definition) is 5. The van der Waals surface area contributed by atoms with E-state index in [2.05, 4.69) is 16.4 Å². The molecule has 0 aliphatic heterocycles. The van der Waals surface area contributed by atoms with Gasteiger partial charge in [0.25, 0.3) is 0 Å². The Morgan fingerprint density at radius 2 is 1.84 bits per heavy atom. The lowest BCUT2D eigenvalue weighted by Gasteiger charge is -2.07. The molecule has 6 nitrogen and oxygen atoms in total. The van der Waals surface area contributed by atoms with Crippen molar-refractivity contribution in [2.75, 3.05) is 32.6 Å². The summed E-state index contributed by atoms with van der Waals surface area (Å²) >= 11 is 0. The number of methoxy groups -OCH3 is 1. The van der Waals surface area contributed by atoms with E-state index >= 15 is 0 Å². The summed E-state index contributed by atoms with van der Waals surface area (Å²) in [5.41, 5.74) is 0. The highest BCUT2D eigenvalue weighted by Crippen LogP contribution is 1.97. The molecule has 1 N–H and O–H groups in total. The van der Waals surface area contributed by atoms with Crippen LogP contribution < -0.4 is 4.72 Å². The Bertz CT molecular complexity index is 329. The standard InChI is InChI=1S/C12H25NO5S/c1-3-4-9-18-10-6-8-13-19(15,16)11-5-7-12(14)17-2/h13H,3-11H2,1-2H3. The maximum atomic E-state index is 11.5. The maximum Gasteiger partial charge on any atom is 0.305 e. The van der Waals surface area contributed by atoms with E-state index in [4.69, 9.17) is 4.74 Å². The first-order chi connectivity index (χ1) is 9.02. The smallest absolute Gasteiger partial charge is 0.305 e. The lowest BCUT2D eigenvalue weighted by atomic mass is 10.3. The van der Waals surface area contributed by atoms with E-state index in [0.717, 1.165) is 19.4 Å². The summed E-state index contributed by atoms with van der Waals surface area (Å²) < 4.78 is 35.3. The average molecular weight is 295 g/mol. The van der Waals surface area contributed by atoms with Crippen molar-refractivity contribution in [1.29, 1.82) is 0 Å². The number of ether oxygens (including phenoxy) is 2. The molecule has 0 aliphatic rings. The van der Waals surface area contributed by atoms with Crippen LogP contribution >= 0.6 is 0 Å². The maximum absolute atomic E-state index is 11.5. The van der Waals surface area contributed by atoms with E-state index < -0.39 is 10.0 Å². The molecule has 0 aromatic carbocycles.